The lowest BCUT2D eigenvalue weighted by Crippen LogP contribution is -2.48. The number of benzene rings is 3. The fourth-order valence-electron chi connectivity index (χ4n) is 4.37. The van der Waals surface area contributed by atoms with Gasteiger partial charge < -0.3 is 15.4 Å². The van der Waals surface area contributed by atoms with E-state index in [-0.39, 0.29) is 24.5 Å². The van der Waals surface area contributed by atoms with Gasteiger partial charge in [0.05, 0.1) is 0 Å². The van der Waals surface area contributed by atoms with E-state index in [4.69, 9.17) is 4.74 Å². The van der Waals surface area contributed by atoms with Crippen LogP contribution in [-0.4, -0.2) is 30.7 Å². The van der Waals surface area contributed by atoms with Gasteiger partial charge in [-0.2, -0.15) is 0 Å². The summed E-state index contributed by atoms with van der Waals surface area (Å²) < 4.78 is 5.65. The summed E-state index contributed by atoms with van der Waals surface area (Å²) in [6.45, 7) is 0.224. The Morgan fingerprint density at radius 2 is 1.44 bits per heavy atom. The maximum atomic E-state index is 12.7. The summed E-state index contributed by atoms with van der Waals surface area (Å²) in [5.41, 5.74) is 5.68. The molecule has 5 nitrogen and oxygen atoms in total. The van der Waals surface area contributed by atoms with Gasteiger partial charge >= 0.3 is 6.09 Å². The maximum absolute atomic E-state index is 12.7. The van der Waals surface area contributed by atoms with Crippen LogP contribution in [0.3, 0.4) is 0 Å². The summed E-state index contributed by atoms with van der Waals surface area (Å²) in [5, 5.41) is 5.79. The molecule has 2 aliphatic rings. The lowest BCUT2D eigenvalue weighted by Gasteiger charge is -2.20. The molecular formula is C27H26N2O3. The van der Waals surface area contributed by atoms with Crippen molar-refractivity contribution < 1.29 is 14.3 Å². The highest BCUT2D eigenvalue weighted by Gasteiger charge is 2.31. The second-order valence-corrected chi connectivity index (χ2v) is 8.50. The summed E-state index contributed by atoms with van der Waals surface area (Å²) in [4.78, 5) is 25.5. The molecule has 1 unspecified atom stereocenters. The molecule has 0 bridgehead atoms. The van der Waals surface area contributed by atoms with E-state index in [2.05, 4.69) is 34.9 Å². The lowest BCUT2D eigenvalue weighted by molar-refractivity contribution is -0.123. The number of alkyl carbamates (subject to hydrolysis) is 1. The number of ether oxygens (including phenoxy) is 1. The molecule has 1 saturated carbocycles. The summed E-state index contributed by atoms with van der Waals surface area (Å²) in [6, 6.07) is 25.7. The standard InChI is InChI=1S/C27H26N2O3/c30-26(28-19-14-15-19)25(16-18-8-2-1-3-9-18)29-27(31)32-17-24-22-12-6-4-10-20(22)21-11-5-7-13-23(21)24/h1-13,19,24-25H,14-17H2,(H,28,30)(H,29,31). The average Bonchev–Trinajstić information content (AvgIpc) is 3.58. The summed E-state index contributed by atoms with van der Waals surface area (Å²) in [5.74, 6) is -0.175. The third-order valence-corrected chi connectivity index (χ3v) is 6.16. The van der Waals surface area contributed by atoms with Crippen molar-refractivity contribution >= 4 is 12.0 Å². The molecule has 162 valence electrons. The Morgan fingerprint density at radius 3 is 2.06 bits per heavy atom. The van der Waals surface area contributed by atoms with E-state index in [1.54, 1.807) is 0 Å². The van der Waals surface area contributed by atoms with Crippen molar-refractivity contribution in [1.82, 2.24) is 10.6 Å². The predicted octanol–water partition coefficient (Wildman–Crippen LogP) is 4.42. The molecule has 32 heavy (non-hydrogen) atoms. The monoisotopic (exact) mass is 426 g/mol. The minimum absolute atomic E-state index is 0.0130. The Bertz CT molecular complexity index is 1080. The molecule has 2 amide bonds. The van der Waals surface area contributed by atoms with Gasteiger partial charge in [-0.1, -0.05) is 78.9 Å². The number of fused-ring (bicyclic) bond motifs is 3. The molecule has 2 aliphatic carbocycles. The van der Waals surface area contributed by atoms with E-state index in [1.807, 2.05) is 54.6 Å². The zero-order chi connectivity index (χ0) is 21.9. The normalized spacial score (nSPS) is 15.4. The highest BCUT2D eigenvalue weighted by molar-refractivity contribution is 5.86. The highest BCUT2D eigenvalue weighted by atomic mass is 16.5. The molecule has 1 fully saturated rings. The Hall–Kier alpha value is -3.60. The maximum Gasteiger partial charge on any atom is 0.407 e. The zero-order valence-electron chi connectivity index (χ0n) is 17.8. The smallest absolute Gasteiger partial charge is 0.407 e. The first-order chi connectivity index (χ1) is 15.7. The van der Waals surface area contributed by atoms with Crippen molar-refractivity contribution in [2.75, 3.05) is 6.61 Å². The predicted molar refractivity (Wildman–Crippen MR) is 123 cm³/mol. The van der Waals surface area contributed by atoms with Gasteiger partial charge in [-0.15, -0.1) is 0 Å². The summed E-state index contributed by atoms with van der Waals surface area (Å²) >= 11 is 0. The quantitative estimate of drug-likeness (QED) is 0.588. The number of carbonyl (C=O) groups is 2. The largest absolute Gasteiger partial charge is 0.449 e. The lowest BCUT2D eigenvalue weighted by atomic mass is 9.98. The zero-order valence-corrected chi connectivity index (χ0v) is 17.8. The van der Waals surface area contributed by atoms with Gasteiger partial charge in [0.1, 0.15) is 12.6 Å². The van der Waals surface area contributed by atoms with Crippen LogP contribution < -0.4 is 10.6 Å². The topological polar surface area (TPSA) is 67.4 Å². The van der Waals surface area contributed by atoms with E-state index in [1.165, 1.54) is 11.1 Å². The molecular weight excluding hydrogens is 400 g/mol. The van der Waals surface area contributed by atoms with Gasteiger partial charge in [0.2, 0.25) is 5.91 Å². The number of hydrogen-bond donors (Lipinski definition) is 2. The highest BCUT2D eigenvalue weighted by Crippen LogP contribution is 2.44. The molecule has 0 saturated heterocycles. The van der Waals surface area contributed by atoms with Crippen LogP contribution in [-0.2, 0) is 16.0 Å². The number of nitrogens with one attached hydrogen (secondary N) is 2. The number of hydrogen-bond acceptors (Lipinski definition) is 3. The van der Waals surface area contributed by atoms with Crippen molar-refractivity contribution in [2.45, 2.75) is 37.3 Å². The third-order valence-electron chi connectivity index (χ3n) is 6.16. The van der Waals surface area contributed by atoms with Gasteiger partial charge in [0, 0.05) is 18.4 Å². The number of rotatable bonds is 7. The minimum atomic E-state index is -0.673. The van der Waals surface area contributed by atoms with Gasteiger partial charge in [-0.05, 0) is 40.7 Å². The molecule has 5 rings (SSSR count). The molecule has 0 aliphatic heterocycles. The van der Waals surface area contributed by atoms with E-state index in [0.29, 0.717) is 6.42 Å². The van der Waals surface area contributed by atoms with Gasteiger partial charge in [-0.25, -0.2) is 4.79 Å². The Kier molecular flexibility index (Phi) is 5.63. The average molecular weight is 427 g/mol. The fraction of sp³-hybridized carbons (Fsp3) is 0.259. The molecule has 0 spiro atoms. The van der Waals surface area contributed by atoms with Gasteiger partial charge in [0.15, 0.2) is 0 Å². The second-order valence-electron chi connectivity index (χ2n) is 8.50. The molecule has 3 aromatic carbocycles. The molecule has 1 atom stereocenters. The molecule has 0 aromatic heterocycles. The first-order valence-corrected chi connectivity index (χ1v) is 11.1. The Morgan fingerprint density at radius 1 is 0.844 bits per heavy atom. The van der Waals surface area contributed by atoms with Gasteiger partial charge in [0.25, 0.3) is 0 Å². The SMILES string of the molecule is O=C(NC(Cc1ccccc1)C(=O)NC1CC1)OCC1c2ccccc2-c2ccccc21. The van der Waals surface area contributed by atoms with E-state index in [9.17, 15) is 9.59 Å². The first-order valence-electron chi connectivity index (χ1n) is 11.1. The molecule has 2 N–H and O–H groups in total. The van der Waals surface area contributed by atoms with Crippen LogP contribution in [0.15, 0.2) is 78.9 Å². The van der Waals surface area contributed by atoms with Crippen LogP contribution in [0.5, 0.6) is 0 Å². The third kappa shape index (κ3) is 4.37. The van der Waals surface area contributed by atoms with Crippen LogP contribution >= 0.6 is 0 Å². The number of carbonyl (C=O) groups excluding carboxylic acids is 2. The van der Waals surface area contributed by atoms with Crippen LogP contribution in [0.4, 0.5) is 4.79 Å². The van der Waals surface area contributed by atoms with Crippen LogP contribution in [0.1, 0.15) is 35.4 Å². The molecule has 0 radical (unpaired) electrons. The molecule has 3 aromatic rings. The van der Waals surface area contributed by atoms with E-state index >= 15 is 0 Å². The Labute approximate surface area is 187 Å². The first kappa shape index (κ1) is 20.3. The van der Waals surface area contributed by atoms with Gasteiger partial charge in [-0.3, -0.25) is 4.79 Å². The van der Waals surface area contributed by atoms with Crippen molar-refractivity contribution in [3.8, 4) is 11.1 Å². The Balaban J connectivity index is 1.27. The summed E-state index contributed by atoms with van der Waals surface area (Å²) in [6.07, 6.45) is 1.84. The minimum Gasteiger partial charge on any atom is -0.449 e. The van der Waals surface area contributed by atoms with Crippen molar-refractivity contribution in [2.24, 2.45) is 0 Å². The van der Waals surface area contributed by atoms with Crippen LogP contribution in [0, 0.1) is 0 Å². The number of amides is 2. The molecule has 5 heteroatoms. The van der Waals surface area contributed by atoms with Crippen LogP contribution in [0.25, 0.3) is 11.1 Å². The second kappa shape index (κ2) is 8.87. The van der Waals surface area contributed by atoms with Crippen molar-refractivity contribution in [1.29, 1.82) is 0 Å². The molecule has 0 heterocycles. The summed E-state index contributed by atoms with van der Waals surface area (Å²) in [7, 11) is 0. The van der Waals surface area contributed by atoms with Crippen LogP contribution in [0.2, 0.25) is 0 Å². The van der Waals surface area contributed by atoms with E-state index in [0.717, 1.165) is 29.5 Å². The van der Waals surface area contributed by atoms with Crippen molar-refractivity contribution in [3.63, 3.8) is 0 Å². The fourth-order valence-corrected chi connectivity index (χ4v) is 4.37. The van der Waals surface area contributed by atoms with E-state index < -0.39 is 12.1 Å². The van der Waals surface area contributed by atoms with Crippen molar-refractivity contribution in [3.05, 3.63) is 95.6 Å².